The number of aromatic nitrogens is 1. The fourth-order valence-electron chi connectivity index (χ4n) is 2.07. The Morgan fingerprint density at radius 3 is 2.86 bits per heavy atom. The van der Waals surface area contributed by atoms with E-state index in [1.807, 2.05) is 18.2 Å². The van der Waals surface area contributed by atoms with Crippen molar-refractivity contribution in [2.45, 2.75) is 32.8 Å². The molecule has 1 aromatic carbocycles. The fraction of sp³-hybridized carbons (Fsp3) is 0.438. The van der Waals surface area contributed by atoms with Gasteiger partial charge in [0, 0.05) is 5.38 Å². The van der Waals surface area contributed by atoms with Gasteiger partial charge in [-0.05, 0) is 49.6 Å². The van der Waals surface area contributed by atoms with E-state index in [1.54, 1.807) is 18.4 Å². The van der Waals surface area contributed by atoms with Gasteiger partial charge in [-0.1, -0.05) is 6.92 Å². The van der Waals surface area contributed by atoms with Gasteiger partial charge in [0.1, 0.15) is 18.1 Å². The first kappa shape index (κ1) is 15.8. The summed E-state index contributed by atoms with van der Waals surface area (Å²) < 4.78 is 11.1. The Bertz CT molecular complexity index is 569. The summed E-state index contributed by atoms with van der Waals surface area (Å²) >= 11 is 1.70. The number of aryl methyl sites for hydroxylation is 1. The second-order valence-corrected chi connectivity index (χ2v) is 5.73. The van der Waals surface area contributed by atoms with Crippen LogP contribution in [0.25, 0.3) is 0 Å². The van der Waals surface area contributed by atoms with Crippen LogP contribution in [0.3, 0.4) is 0 Å². The second kappa shape index (κ2) is 8.00. The second-order valence-electron chi connectivity index (χ2n) is 4.78. The lowest BCUT2D eigenvalue weighted by atomic mass is 10.1. The number of thiazole rings is 1. The molecule has 0 saturated heterocycles. The highest BCUT2D eigenvalue weighted by Crippen LogP contribution is 2.25. The van der Waals surface area contributed by atoms with Crippen molar-refractivity contribution < 1.29 is 9.47 Å². The lowest BCUT2D eigenvalue weighted by molar-refractivity contribution is 0.298. The van der Waals surface area contributed by atoms with Crippen molar-refractivity contribution in [2.75, 3.05) is 13.7 Å². The third-order valence-electron chi connectivity index (χ3n) is 3.12. The number of hydrogen-bond acceptors (Lipinski definition) is 5. The van der Waals surface area contributed by atoms with Gasteiger partial charge in [0.15, 0.2) is 0 Å². The van der Waals surface area contributed by atoms with Gasteiger partial charge in [-0.15, -0.1) is 11.3 Å². The predicted molar refractivity (Wildman–Crippen MR) is 86.2 cm³/mol. The Balaban J connectivity index is 2.04. The average Bonchev–Trinajstić information content (AvgIpc) is 2.94. The largest absolute Gasteiger partial charge is 0.497 e. The van der Waals surface area contributed by atoms with Crippen LogP contribution in [0.2, 0.25) is 0 Å². The molecule has 1 aromatic heterocycles. The Morgan fingerprint density at radius 1 is 1.29 bits per heavy atom. The molecule has 0 aliphatic heterocycles. The predicted octanol–water partition coefficient (Wildman–Crippen LogP) is 3.18. The van der Waals surface area contributed by atoms with Gasteiger partial charge in [0.2, 0.25) is 0 Å². The Morgan fingerprint density at radius 2 is 2.14 bits per heavy atom. The Kier molecular flexibility index (Phi) is 6.02. The molecular formula is C16H22N2O2S. The monoisotopic (exact) mass is 306 g/mol. The maximum atomic E-state index is 5.90. The molecule has 5 heteroatoms. The SMILES string of the molecule is CCCc1nc(COc2ccc(OC)cc2CCN)cs1. The van der Waals surface area contributed by atoms with E-state index in [4.69, 9.17) is 15.2 Å². The summed E-state index contributed by atoms with van der Waals surface area (Å²) in [6, 6.07) is 5.81. The van der Waals surface area contributed by atoms with Crippen molar-refractivity contribution in [3.05, 3.63) is 39.8 Å². The fourth-order valence-corrected chi connectivity index (χ4v) is 2.95. The topological polar surface area (TPSA) is 57.4 Å². The molecule has 2 rings (SSSR count). The van der Waals surface area contributed by atoms with Crippen LogP contribution >= 0.6 is 11.3 Å². The third kappa shape index (κ3) is 4.44. The number of nitrogens with zero attached hydrogens (tertiary/aromatic N) is 1. The maximum absolute atomic E-state index is 5.90. The van der Waals surface area contributed by atoms with Crippen LogP contribution in [0.1, 0.15) is 29.6 Å². The molecule has 1 heterocycles. The Hall–Kier alpha value is -1.59. The van der Waals surface area contributed by atoms with E-state index in [9.17, 15) is 0 Å². The molecule has 0 fully saturated rings. The average molecular weight is 306 g/mol. The number of rotatable bonds is 8. The molecule has 2 aromatic rings. The van der Waals surface area contributed by atoms with Gasteiger partial charge in [0.05, 0.1) is 17.8 Å². The highest BCUT2D eigenvalue weighted by molar-refractivity contribution is 7.09. The highest BCUT2D eigenvalue weighted by Gasteiger charge is 2.07. The maximum Gasteiger partial charge on any atom is 0.131 e. The number of methoxy groups -OCH3 is 1. The molecule has 0 aliphatic rings. The van der Waals surface area contributed by atoms with Gasteiger partial charge in [-0.25, -0.2) is 4.98 Å². The van der Waals surface area contributed by atoms with E-state index in [1.165, 1.54) is 5.01 Å². The minimum absolute atomic E-state index is 0.490. The standard InChI is InChI=1S/C16H22N2O2S/c1-3-4-16-18-13(11-21-16)10-20-15-6-5-14(19-2)9-12(15)7-8-17/h5-6,9,11H,3-4,7-8,10,17H2,1-2H3. The first-order valence-electron chi connectivity index (χ1n) is 7.19. The van der Waals surface area contributed by atoms with E-state index >= 15 is 0 Å². The zero-order chi connectivity index (χ0) is 15.1. The van der Waals surface area contributed by atoms with Gasteiger partial charge >= 0.3 is 0 Å². The van der Waals surface area contributed by atoms with Crippen LogP contribution in [0.4, 0.5) is 0 Å². The van der Waals surface area contributed by atoms with E-state index in [-0.39, 0.29) is 0 Å². The summed E-state index contributed by atoms with van der Waals surface area (Å²) in [7, 11) is 1.66. The van der Waals surface area contributed by atoms with Crippen molar-refractivity contribution in [1.82, 2.24) is 4.98 Å². The summed E-state index contributed by atoms with van der Waals surface area (Å²) in [5.41, 5.74) is 7.71. The van der Waals surface area contributed by atoms with Crippen LogP contribution in [-0.4, -0.2) is 18.6 Å². The van der Waals surface area contributed by atoms with Crippen LogP contribution in [0.15, 0.2) is 23.6 Å². The van der Waals surface area contributed by atoms with E-state index in [0.29, 0.717) is 13.2 Å². The molecule has 2 N–H and O–H groups in total. The zero-order valence-electron chi connectivity index (χ0n) is 12.6. The minimum atomic E-state index is 0.490. The molecule has 0 radical (unpaired) electrons. The number of benzene rings is 1. The van der Waals surface area contributed by atoms with E-state index in [0.717, 1.165) is 42.0 Å². The van der Waals surface area contributed by atoms with Crippen molar-refractivity contribution in [3.63, 3.8) is 0 Å². The van der Waals surface area contributed by atoms with Gasteiger partial charge < -0.3 is 15.2 Å². The van der Waals surface area contributed by atoms with Gasteiger partial charge in [-0.3, -0.25) is 0 Å². The van der Waals surface area contributed by atoms with Crippen molar-refractivity contribution in [1.29, 1.82) is 0 Å². The van der Waals surface area contributed by atoms with Crippen LogP contribution < -0.4 is 15.2 Å². The van der Waals surface area contributed by atoms with Crippen molar-refractivity contribution in [2.24, 2.45) is 5.73 Å². The molecule has 0 saturated carbocycles. The van der Waals surface area contributed by atoms with E-state index in [2.05, 4.69) is 17.3 Å². The summed E-state index contributed by atoms with van der Waals surface area (Å²) in [6.07, 6.45) is 2.92. The highest BCUT2D eigenvalue weighted by atomic mass is 32.1. The lowest BCUT2D eigenvalue weighted by Crippen LogP contribution is -2.06. The number of ether oxygens (including phenoxy) is 2. The van der Waals surface area contributed by atoms with Crippen molar-refractivity contribution >= 4 is 11.3 Å². The molecule has 4 nitrogen and oxygen atoms in total. The normalized spacial score (nSPS) is 10.6. The lowest BCUT2D eigenvalue weighted by Gasteiger charge is -2.11. The summed E-state index contributed by atoms with van der Waals surface area (Å²) in [4.78, 5) is 4.57. The molecular weight excluding hydrogens is 284 g/mol. The van der Waals surface area contributed by atoms with Gasteiger partial charge in [0.25, 0.3) is 0 Å². The number of nitrogens with two attached hydrogens (primary N) is 1. The molecule has 0 atom stereocenters. The summed E-state index contributed by atoms with van der Waals surface area (Å²) in [5, 5.41) is 3.24. The minimum Gasteiger partial charge on any atom is -0.497 e. The molecule has 21 heavy (non-hydrogen) atoms. The first-order valence-corrected chi connectivity index (χ1v) is 8.07. The molecule has 0 unspecified atom stereocenters. The van der Waals surface area contributed by atoms with Crippen LogP contribution in [0.5, 0.6) is 11.5 Å². The molecule has 0 bridgehead atoms. The zero-order valence-corrected chi connectivity index (χ0v) is 13.4. The third-order valence-corrected chi connectivity index (χ3v) is 4.08. The van der Waals surface area contributed by atoms with Gasteiger partial charge in [-0.2, -0.15) is 0 Å². The summed E-state index contributed by atoms with van der Waals surface area (Å²) in [6.45, 7) is 3.24. The summed E-state index contributed by atoms with van der Waals surface area (Å²) in [5.74, 6) is 1.68. The van der Waals surface area contributed by atoms with E-state index < -0.39 is 0 Å². The molecule has 114 valence electrons. The molecule has 0 amide bonds. The van der Waals surface area contributed by atoms with Crippen LogP contribution in [0, 0.1) is 0 Å². The molecule has 0 aliphatic carbocycles. The first-order chi connectivity index (χ1) is 10.3. The number of hydrogen-bond donors (Lipinski definition) is 1. The molecule has 0 spiro atoms. The smallest absolute Gasteiger partial charge is 0.131 e. The van der Waals surface area contributed by atoms with Crippen LogP contribution in [-0.2, 0) is 19.4 Å². The Labute approximate surface area is 129 Å². The quantitative estimate of drug-likeness (QED) is 0.814. The van der Waals surface area contributed by atoms with Crippen molar-refractivity contribution in [3.8, 4) is 11.5 Å².